The molecule has 3 rings (SSSR count). The fraction of sp³-hybridized carbons (Fsp3) is 0.588. The van der Waals surface area contributed by atoms with Crippen LogP contribution in [0.3, 0.4) is 0 Å². The second-order valence-electron chi connectivity index (χ2n) is 6.42. The summed E-state index contributed by atoms with van der Waals surface area (Å²) in [6, 6.07) is 9.88. The summed E-state index contributed by atoms with van der Waals surface area (Å²) in [6.45, 7) is 6.21. The van der Waals surface area contributed by atoms with Crippen LogP contribution in [0.4, 0.5) is 5.69 Å². The highest BCUT2D eigenvalue weighted by atomic mass is 15.3. The van der Waals surface area contributed by atoms with Crippen molar-refractivity contribution in [1.29, 1.82) is 5.26 Å². The van der Waals surface area contributed by atoms with Gasteiger partial charge in [-0.2, -0.15) is 5.26 Å². The molecule has 1 aromatic rings. The number of hydrogen-bond acceptors (Lipinski definition) is 4. The number of rotatable bonds is 4. The number of nitrogens with zero attached hydrogens (tertiary/aromatic N) is 3. The molecule has 0 aromatic heterocycles. The normalized spacial score (nSPS) is 23.1. The van der Waals surface area contributed by atoms with Gasteiger partial charge in [-0.3, -0.25) is 0 Å². The third-order valence-corrected chi connectivity index (χ3v) is 4.49. The van der Waals surface area contributed by atoms with E-state index in [4.69, 9.17) is 0 Å². The first kappa shape index (κ1) is 14.4. The first-order chi connectivity index (χ1) is 10.2. The summed E-state index contributed by atoms with van der Waals surface area (Å²) < 4.78 is 0. The number of nitriles is 1. The van der Waals surface area contributed by atoms with Crippen LogP contribution in [0.5, 0.6) is 0 Å². The molecule has 1 N–H and O–H groups in total. The van der Waals surface area contributed by atoms with Gasteiger partial charge in [0.2, 0.25) is 0 Å². The van der Waals surface area contributed by atoms with Gasteiger partial charge in [0.1, 0.15) is 6.07 Å². The lowest BCUT2D eigenvalue weighted by Crippen LogP contribution is -2.50. The standard InChI is InChI=1S/C17H24N4/c1-13-12-20(2)7-8-21(13)17-6-3-14(9-15(17)10-18)11-19-16-4-5-16/h3,6,9,13,16,19H,4-5,7-8,11-12H2,1-2H3. The fourth-order valence-corrected chi connectivity index (χ4v) is 3.08. The maximum absolute atomic E-state index is 9.49. The molecule has 1 aliphatic heterocycles. The predicted octanol–water partition coefficient (Wildman–Crippen LogP) is 1.95. The minimum Gasteiger partial charge on any atom is -0.365 e. The average molecular weight is 284 g/mol. The Morgan fingerprint density at radius 3 is 2.81 bits per heavy atom. The molecule has 0 bridgehead atoms. The van der Waals surface area contributed by atoms with Crippen LogP contribution in [0.2, 0.25) is 0 Å². The first-order valence-electron chi connectivity index (χ1n) is 7.89. The average Bonchev–Trinajstić information content (AvgIpc) is 3.29. The molecule has 4 heteroatoms. The number of benzene rings is 1. The Morgan fingerprint density at radius 1 is 1.33 bits per heavy atom. The molecule has 2 fully saturated rings. The molecule has 112 valence electrons. The number of nitrogens with one attached hydrogen (secondary N) is 1. The third-order valence-electron chi connectivity index (χ3n) is 4.49. The predicted molar refractivity (Wildman–Crippen MR) is 85.3 cm³/mol. The third kappa shape index (κ3) is 3.37. The molecule has 1 unspecified atom stereocenters. The molecular formula is C17H24N4. The van der Waals surface area contributed by atoms with E-state index >= 15 is 0 Å². The zero-order valence-corrected chi connectivity index (χ0v) is 13.0. The van der Waals surface area contributed by atoms with Crippen LogP contribution >= 0.6 is 0 Å². The summed E-state index contributed by atoms with van der Waals surface area (Å²) in [5.41, 5.74) is 3.11. The van der Waals surface area contributed by atoms with Crippen LogP contribution in [0.25, 0.3) is 0 Å². The van der Waals surface area contributed by atoms with Gasteiger partial charge < -0.3 is 15.1 Å². The molecule has 0 amide bonds. The Bertz CT molecular complexity index is 544. The second kappa shape index (κ2) is 6.05. The van der Waals surface area contributed by atoms with Gasteiger partial charge in [-0.1, -0.05) is 6.07 Å². The number of anilines is 1. The van der Waals surface area contributed by atoms with Crippen LogP contribution in [-0.2, 0) is 6.54 Å². The van der Waals surface area contributed by atoms with Crippen LogP contribution in [0, 0.1) is 11.3 Å². The van der Waals surface area contributed by atoms with E-state index in [1.54, 1.807) is 0 Å². The zero-order valence-electron chi connectivity index (χ0n) is 13.0. The van der Waals surface area contributed by atoms with E-state index in [1.165, 1.54) is 18.4 Å². The molecule has 2 aliphatic rings. The maximum Gasteiger partial charge on any atom is 0.101 e. The zero-order chi connectivity index (χ0) is 14.8. The van der Waals surface area contributed by atoms with Gasteiger partial charge in [-0.15, -0.1) is 0 Å². The minimum atomic E-state index is 0.450. The molecule has 0 spiro atoms. The molecule has 1 aromatic carbocycles. The summed E-state index contributed by atoms with van der Waals surface area (Å²) in [6.07, 6.45) is 2.59. The van der Waals surface area contributed by atoms with E-state index in [0.29, 0.717) is 12.1 Å². The second-order valence-corrected chi connectivity index (χ2v) is 6.42. The Labute approximate surface area is 127 Å². The highest BCUT2D eigenvalue weighted by Gasteiger charge is 2.24. The summed E-state index contributed by atoms with van der Waals surface area (Å²) in [4.78, 5) is 4.72. The summed E-state index contributed by atoms with van der Waals surface area (Å²) in [5, 5.41) is 13.0. The lowest BCUT2D eigenvalue weighted by atomic mass is 10.1. The minimum absolute atomic E-state index is 0.450. The SMILES string of the molecule is CC1CN(C)CCN1c1ccc(CNC2CC2)cc1C#N. The van der Waals surface area contributed by atoms with E-state index in [-0.39, 0.29) is 0 Å². The molecule has 0 radical (unpaired) electrons. The van der Waals surface area contributed by atoms with E-state index in [9.17, 15) is 5.26 Å². The van der Waals surface area contributed by atoms with Gasteiger partial charge in [0.25, 0.3) is 0 Å². The van der Waals surface area contributed by atoms with Crippen molar-refractivity contribution in [3.8, 4) is 6.07 Å². The fourth-order valence-electron chi connectivity index (χ4n) is 3.08. The van der Waals surface area contributed by atoms with Gasteiger partial charge in [0, 0.05) is 38.3 Å². The number of piperazine rings is 1. The summed E-state index contributed by atoms with van der Waals surface area (Å²) >= 11 is 0. The quantitative estimate of drug-likeness (QED) is 0.917. The van der Waals surface area contributed by atoms with Crippen molar-refractivity contribution in [3.63, 3.8) is 0 Å². The monoisotopic (exact) mass is 284 g/mol. The van der Waals surface area contributed by atoms with Crippen molar-refractivity contribution in [2.24, 2.45) is 0 Å². The molecule has 1 aliphatic carbocycles. The smallest absolute Gasteiger partial charge is 0.101 e. The Hall–Kier alpha value is -1.57. The van der Waals surface area contributed by atoms with E-state index in [1.807, 2.05) is 0 Å². The van der Waals surface area contributed by atoms with E-state index < -0.39 is 0 Å². The lowest BCUT2D eigenvalue weighted by molar-refractivity contribution is 0.275. The Balaban J connectivity index is 1.76. The highest BCUT2D eigenvalue weighted by Crippen LogP contribution is 2.26. The topological polar surface area (TPSA) is 42.3 Å². The van der Waals surface area contributed by atoms with Crippen molar-refractivity contribution in [2.75, 3.05) is 31.6 Å². The molecule has 1 saturated heterocycles. The van der Waals surface area contributed by atoms with Crippen LogP contribution in [0.15, 0.2) is 18.2 Å². The van der Waals surface area contributed by atoms with Crippen molar-refractivity contribution in [3.05, 3.63) is 29.3 Å². The molecule has 1 heterocycles. The molecule has 4 nitrogen and oxygen atoms in total. The van der Waals surface area contributed by atoms with Gasteiger partial charge in [0.05, 0.1) is 11.3 Å². The maximum atomic E-state index is 9.49. The first-order valence-corrected chi connectivity index (χ1v) is 7.89. The Kier molecular flexibility index (Phi) is 4.14. The van der Waals surface area contributed by atoms with Crippen LogP contribution in [-0.4, -0.2) is 43.7 Å². The van der Waals surface area contributed by atoms with Crippen molar-refractivity contribution in [1.82, 2.24) is 10.2 Å². The summed E-state index contributed by atoms with van der Waals surface area (Å²) in [7, 11) is 2.16. The van der Waals surface area contributed by atoms with Crippen molar-refractivity contribution >= 4 is 5.69 Å². The van der Waals surface area contributed by atoms with E-state index in [0.717, 1.165) is 37.4 Å². The molecule has 1 atom stereocenters. The molecule has 21 heavy (non-hydrogen) atoms. The van der Waals surface area contributed by atoms with E-state index in [2.05, 4.69) is 53.4 Å². The number of hydrogen-bond donors (Lipinski definition) is 1. The molecule has 1 saturated carbocycles. The summed E-state index contributed by atoms with van der Waals surface area (Å²) in [5.74, 6) is 0. The van der Waals surface area contributed by atoms with Crippen molar-refractivity contribution < 1.29 is 0 Å². The lowest BCUT2D eigenvalue weighted by Gasteiger charge is -2.40. The number of likely N-dealkylation sites (N-methyl/N-ethyl adjacent to an activating group) is 1. The largest absolute Gasteiger partial charge is 0.365 e. The Morgan fingerprint density at radius 2 is 2.14 bits per heavy atom. The van der Waals surface area contributed by atoms with Crippen LogP contribution in [0.1, 0.15) is 30.9 Å². The van der Waals surface area contributed by atoms with Crippen molar-refractivity contribution in [2.45, 2.75) is 38.4 Å². The van der Waals surface area contributed by atoms with Gasteiger partial charge in [0.15, 0.2) is 0 Å². The van der Waals surface area contributed by atoms with Crippen LogP contribution < -0.4 is 10.2 Å². The molecular weight excluding hydrogens is 260 g/mol. The van der Waals surface area contributed by atoms with Gasteiger partial charge in [-0.25, -0.2) is 0 Å². The highest BCUT2D eigenvalue weighted by molar-refractivity contribution is 5.61. The van der Waals surface area contributed by atoms with Gasteiger partial charge in [-0.05, 0) is 44.5 Å². The van der Waals surface area contributed by atoms with Gasteiger partial charge >= 0.3 is 0 Å².